The Morgan fingerprint density at radius 1 is 1.19 bits per heavy atom. The van der Waals surface area contributed by atoms with E-state index < -0.39 is 0 Å². The Bertz CT molecular complexity index is 457. The molecule has 1 saturated carbocycles. The molecule has 1 N–H and O–H groups in total. The minimum absolute atomic E-state index is 0.430. The third kappa shape index (κ3) is 4.55. The van der Waals surface area contributed by atoms with Crippen LogP contribution in [0.4, 0.5) is 5.69 Å². The van der Waals surface area contributed by atoms with Crippen LogP contribution in [0, 0.1) is 5.41 Å². The normalized spacial score (nSPS) is 20.9. The zero-order valence-corrected chi connectivity index (χ0v) is 13.9. The SMILES string of the molecule is CCOc1ccc(OCC)c(NC2CCCC(C)(C)C2)c1. The summed E-state index contributed by atoms with van der Waals surface area (Å²) in [5.41, 5.74) is 1.49. The van der Waals surface area contributed by atoms with Gasteiger partial charge in [-0.25, -0.2) is 0 Å². The van der Waals surface area contributed by atoms with Gasteiger partial charge in [0.05, 0.1) is 18.9 Å². The molecule has 0 amide bonds. The fourth-order valence-corrected chi connectivity index (χ4v) is 3.20. The lowest BCUT2D eigenvalue weighted by molar-refractivity contribution is 0.229. The molecule has 0 saturated heterocycles. The predicted molar refractivity (Wildman–Crippen MR) is 88.4 cm³/mol. The van der Waals surface area contributed by atoms with E-state index in [0.717, 1.165) is 17.2 Å². The van der Waals surface area contributed by atoms with Crippen molar-refractivity contribution in [2.45, 2.75) is 59.4 Å². The van der Waals surface area contributed by atoms with Crippen LogP contribution in [-0.4, -0.2) is 19.3 Å². The molecule has 0 radical (unpaired) electrons. The van der Waals surface area contributed by atoms with Gasteiger partial charge in [0.2, 0.25) is 0 Å². The van der Waals surface area contributed by atoms with E-state index in [4.69, 9.17) is 9.47 Å². The van der Waals surface area contributed by atoms with Gasteiger partial charge in [-0.15, -0.1) is 0 Å². The van der Waals surface area contributed by atoms with Crippen molar-refractivity contribution in [3.63, 3.8) is 0 Å². The van der Waals surface area contributed by atoms with Gasteiger partial charge in [-0.3, -0.25) is 0 Å². The number of ether oxygens (including phenoxy) is 2. The Morgan fingerprint density at radius 2 is 1.95 bits per heavy atom. The van der Waals surface area contributed by atoms with Crippen molar-refractivity contribution in [3.8, 4) is 11.5 Å². The van der Waals surface area contributed by atoms with E-state index in [-0.39, 0.29) is 0 Å². The highest BCUT2D eigenvalue weighted by molar-refractivity contribution is 5.60. The predicted octanol–water partition coefficient (Wildman–Crippen LogP) is 4.86. The number of rotatable bonds is 6. The zero-order valence-electron chi connectivity index (χ0n) is 13.9. The van der Waals surface area contributed by atoms with Gasteiger partial charge in [0.25, 0.3) is 0 Å². The zero-order chi connectivity index (χ0) is 15.3. The fourth-order valence-electron chi connectivity index (χ4n) is 3.20. The minimum atomic E-state index is 0.430. The van der Waals surface area contributed by atoms with E-state index in [1.165, 1.54) is 25.7 Å². The third-order valence-corrected chi connectivity index (χ3v) is 4.13. The highest BCUT2D eigenvalue weighted by Gasteiger charge is 2.28. The van der Waals surface area contributed by atoms with E-state index in [1.54, 1.807) is 0 Å². The Morgan fingerprint density at radius 3 is 2.62 bits per heavy atom. The Hall–Kier alpha value is -1.38. The molecule has 3 heteroatoms. The van der Waals surface area contributed by atoms with Crippen LogP contribution in [0.5, 0.6) is 11.5 Å². The standard InChI is InChI=1S/C18H29NO2/c1-5-20-15-9-10-17(21-6-2)16(12-15)19-14-8-7-11-18(3,4)13-14/h9-10,12,14,19H,5-8,11,13H2,1-4H3. The molecule has 1 aliphatic rings. The Balaban J connectivity index is 2.13. The molecule has 1 unspecified atom stereocenters. The molecule has 0 aliphatic heterocycles. The molecule has 1 aromatic rings. The lowest BCUT2D eigenvalue weighted by atomic mass is 9.75. The first-order chi connectivity index (χ1) is 10.0. The Labute approximate surface area is 129 Å². The highest BCUT2D eigenvalue weighted by atomic mass is 16.5. The summed E-state index contributed by atoms with van der Waals surface area (Å²) in [5, 5.41) is 3.68. The van der Waals surface area contributed by atoms with Crippen molar-refractivity contribution in [3.05, 3.63) is 18.2 Å². The van der Waals surface area contributed by atoms with E-state index in [2.05, 4.69) is 25.2 Å². The third-order valence-electron chi connectivity index (χ3n) is 4.13. The first kappa shape index (κ1) is 16.0. The molecule has 21 heavy (non-hydrogen) atoms. The molecular formula is C18H29NO2. The summed E-state index contributed by atoms with van der Waals surface area (Å²) in [5.74, 6) is 1.82. The molecule has 0 heterocycles. The maximum atomic E-state index is 5.75. The van der Waals surface area contributed by atoms with Crippen LogP contribution >= 0.6 is 0 Å². The molecule has 1 aromatic carbocycles. The monoisotopic (exact) mass is 291 g/mol. The second kappa shape index (κ2) is 7.06. The molecule has 118 valence electrons. The van der Waals surface area contributed by atoms with Gasteiger partial charge in [0, 0.05) is 12.1 Å². The van der Waals surface area contributed by atoms with Crippen molar-refractivity contribution >= 4 is 5.69 Å². The molecule has 1 aliphatic carbocycles. The summed E-state index contributed by atoms with van der Waals surface area (Å²) in [7, 11) is 0. The summed E-state index contributed by atoms with van der Waals surface area (Å²) < 4.78 is 11.4. The number of nitrogens with one attached hydrogen (secondary N) is 1. The van der Waals surface area contributed by atoms with Crippen molar-refractivity contribution in [1.82, 2.24) is 0 Å². The van der Waals surface area contributed by atoms with Gasteiger partial charge in [0.15, 0.2) is 0 Å². The fraction of sp³-hybridized carbons (Fsp3) is 0.667. The maximum absolute atomic E-state index is 5.75. The van der Waals surface area contributed by atoms with Gasteiger partial charge in [-0.05, 0) is 50.7 Å². The maximum Gasteiger partial charge on any atom is 0.142 e. The number of hydrogen-bond acceptors (Lipinski definition) is 3. The summed E-state index contributed by atoms with van der Waals surface area (Å²) in [6.45, 7) is 10.1. The molecule has 2 rings (SSSR count). The molecule has 1 fully saturated rings. The number of benzene rings is 1. The number of hydrogen-bond donors (Lipinski definition) is 1. The van der Waals surface area contributed by atoms with Gasteiger partial charge >= 0.3 is 0 Å². The van der Waals surface area contributed by atoms with E-state index in [1.807, 2.05) is 26.0 Å². The van der Waals surface area contributed by atoms with Crippen LogP contribution in [0.3, 0.4) is 0 Å². The molecule has 0 spiro atoms. The molecule has 0 bridgehead atoms. The van der Waals surface area contributed by atoms with Crippen LogP contribution < -0.4 is 14.8 Å². The van der Waals surface area contributed by atoms with Crippen LogP contribution in [0.25, 0.3) is 0 Å². The van der Waals surface area contributed by atoms with Crippen molar-refractivity contribution in [1.29, 1.82) is 0 Å². The molecule has 3 nitrogen and oxygen atoms in total. The molecule has 0 aromatic heterocycles. The van der Waals surface area contributed by atoms with Gasteiger partial charge in [0.1, 0.15) is 11.5 Å². The Kier molecular flexibility index (Phi) is 5.38. The summed E-state index contributed by atoms with van der Waals surface area (Å²) in [6, 6.07) is 6.57. The second-order valence-corrected chi connectivity index (χ2v) is 6.63. The lowest BCUT2D eigenvalue weighted by Crippen LogP contribution is -2.31. The minimum Gasteiger partial charge on any atom is -0.494 e. The summed E-state index contributed by atoms with van der Waals surface area (Å²) in [4.78, 5) is 0. The van der Waals surface area contributed by atoms with Crippen LogP contribution in [0.15, 0.2) is 18.2 Å². The quantitative estimate of drug-likeness (QED) is 0.811. The van der Waals surface area contributed by atoms with Crippen molar-refractivity contribution < 1.29 is 9.47 Å². The van der Waals surface area contributed by atoms with Gasteiger partial charge < -0.3 is 14.8 Å². The smallest absolute Gasteiger partial charge is 0.142 e. The van der Waals surface area contributed by atoms with E-state index in [0.29, 0.717) is 24.7 Å². The van der Waals surface area contributed by atoms with Gasteiger partial charge in [-0.2, -0.15) is 0 Å². The lowest BCUT2D eigenvalue weighted by Gasteiger charge is -2.36. The molecular weight excluding hydrogens is 262 g/mol. The van der Waals surface area contributed by atoms with E-state index >= 15 is 0 Å². The van der Waals surface area contributed by atoms with Crippen LogP contribution in [-0.2, 0) is 0 Å². The van der Waals surface area contributed by atoms with Crippen molar-refractivity contribution in [2.75, 3.05) is 18.5 Å². The number of anilines is 1. The van der Waals surface area contributed by atoms with Crippen LogP contribution in [0.2, 0.25) is 0 Å². The highest BCUT2D eigenvalue weighted by Crippen LogP contribution is 2.38. The van der Waals surface area contributed by atoms with Gasteiger partial charge in [-0.1, -0.05) is 20.3 Å². The van der Waals surface area contributed by atoms with E-state index in [9.17, 15) is 0 Å². The first-order valence-corrected chi connectivity index (χ1v) is 8.20. The summed E-state index contributed by atoms with van der Waals surface area (Å²) >= 11 is 0. The van der Waals surface area contributed by atoms with Crippen molar-refractivity contribution in [2.24, 2.45) is 5.41 Å². The topological polar surface area (TPSA) is 30.5 Å². The average molecular weight is 291 g/mol. The van der Waals surface area contributed by atoms with Crippen LogP contribution in [0.1, 0.15) is 53.4 Å². The summed E-state index contributed by atoms with van der Waals surface area (Å²) in [6.07, 6.45) is 5.05. The second-order valence-electron chi connectivity index (χ2n) is 6.63. The average Bonchev–Trinajstić information content (AvgIpc) is 2.41. The largest absolute Gasteiger partial charge is 0.494 e. The molecule has 1 atom stereocenters. The first-order valence-electron chi connectivity index (χ1n) is 8.20.